The topological polar surface area (TPSA) is 113 Å². The molecule has 2 atom stereocenters. The fourth-order valence-corrected chi connectivity index (χ4v) is 4.11. The number of fused-ring (bicyclic) bond motifs is 1. The van der Waals surface area contributed by atoms with Crippen LogP contribution in [0.2, 0.25) is 10.0 Å². The van der Waals surface area contributed by atoms with E-state index >= 15 is 0 Å². The molecule has 0 bridgehead atoms. The summed E-state index contributed by atoms with van der Waals surface area (Å²) in [6.07, 6.45) is 0.0866. The van der Waals surface area contributed by atoms with Crippen LogP contribution < -0.4 is 16.2 Å². The minimum atomic E-state index is -1.13. The number of nitrogens with two attached hydrogens (primary N) is 1. The summed E-state index contributed by atoms with van der Waals surface area (Å²) in [5, 5.41) is 13.9. The van der Waals surface area contributed by atoms with Crippen molar-refractivity contribution in [2.75, 3.05) is 10.3 Å². The van der Waals surface area contributed by atoms with Crippen molar-refractivity contribution in [2.45, 2.75) is 31.7 Å². The van der Waals surface area contributed by atoms with Crippen molar-refractivity contribution >= 4 is 52.2 Å². The molecule has 1 aliphatic rings. The van der Waals surface area contributed by atoms with Crippen molar-refractivity contribution in [1.82, 2.24) is 0 Å². The number of anilines is 2. The second kappa shape index (κ2) is 8.41. The van der Waals surface area contributed by atoms with Crippen LogP contribution in [0.1, 0.15) is 30.4 Å². The number of ketones is 1. The molecule has 1 heterocycles. The molecular weight excluding hydrogens is 417 g/mol. The molecule has 9 heteroatoms. The Morgan fingerprint density at radius 1 is 1.21 bits per heavy atom. The first-order chi connectivity index (χ1) is 13.7. The standard InChI is InChI=1S/C20H19Cl2N3O4/c1-10(26)24-13-4-2-11(3-5-13)6-18(27)14-9-17(20(28)29)25(23)16-8-12(21)7-15(22)19(14)16/h2-5,7-8,14,17H,6,9,23H2,1H3,(H,24,26)(H,28,29)/t14-,17-/m0/s1. The highest BCUT2D eigenvalue weighted by Crippen LogP contribution is 2.43. The van der Waals surface area contributed by atoms with Gasteiger partial charge in [0, 0.05) is 40.6 Å². The van der Waals surface area contributed by atoms with Crippen molar-refractivity contribution in [2.24, 2.45) is 5.84 Å². The number of rotatable bonds is 5. The first-order valence-corrected chi connectivity index (χ1v) is 9.58. The molecule has 0 fully saturated rings. The normalized spacial score (nSPS) is 18.1. The first kappa shape index (κ1) is 21.1. The molecule has 152 valence electrons. The number of carbonyl (C=O) groups excluding carboxylic acids is 2. The number of benzene rings is 2. The van der Waals surface area contributed by atoms with E-state index in [4.69, 9.17) is 29.0 Å². The van der Waals surface area contributed by atoms with Gasteiger partial charge in [-0.15, -0.1) is 0 Å². The van der Waals surface area contributed by atoms with Crippen LogP contribution in [-0.4, -0.2) is 28.8 Å². The lowest BCUT2D eigenvalue weighted by atomic mass is 9.81. The Balaban J connectivity index is 1.90. The van der Waals surface area contributed by atoms with Gasteiger partial charge in [0.05, 0.1) is 5.69 Å². The maximum absolute atomic E-state index is 13.1. The number of amides is 1. The van der Waals surface area contributed by atoms with E-state index in [2.05, 4.69) is 5.32 Å². The van der Waals surface area contributed by atoms with Crippen molar-refractivity contribution in [3.63, 3.8) is 0 Å². The third kappa shape index (κ3) is 4.53. The lowest BCUT2D eigenvalue weighted by Gasteiger charge is -2.37. The van der Waals surface area contributed by atoms with Crippen LogP contribution >= 0.6 is 23.2 Å². The molecule has 7 nitrogen and oxygen atoms in total. The molecule has 3 rings (SSSR count). The second-order valence-corrected chi connectivity index (χ2v) is 7.73. The number of hydrogen-bond acceptors (Lipinski definition) is 5. The predicted octanol–water partition coefficient (Wildman–Crippen LogP) is 3.38. The lowest BCUT2D eigenvalue weighted by molar-refractivity contribution is -0.139. The summed E-state index contributed by atoms with van der Waals surface area (Å²) in [5.41, 5.74) is 2.17. The number of nitrogens with one attached hydrogen (secondary N) is 1. The maximum atomic E-state index is 13.1. The molecular formula is C20H19Cl2N3O4. The Morgan fingerprint density at radius 2 is 1.86 bits per heavy atom. The summed E-state index contributed by atoms with van der Waals surface area (Å²) in [6.45, 7) is 1.41. The zero-order valence-corrected chi connectivity index (χ0v) is 17.0. The second-order valence-electron chi connectivity index (χ2n) is 6.89. The van der Waals surface area contributed by atoms with Gasteiger partial charge in [-0.3, -0.25) is 14.6 Å². The molecule has 0 radical (unpaired) electrons. The Hall–Kier alpha value is -2.61. The summed E-state index contributed by atoms with van der Waals surface area (Å²) in [7, 11) is 0. The van der Waals surface area contributed by atoms with Gasteiger partial charge in [-0.2, -0.15) is 0 Å². The number of hydrazine groups is 1. The van der Waals surface area contributed by atoms with E-state index in [1.807, 2.05) is 0 Å². The van der Waals surface area contributed by atoms with E-state index in [1.165, 1.54) is 19.1 Å². The Kier molecular flexibility index (Phi) is 6.12. The van der Waals surface area contributed by atoms with Crippen molar-refractivity contribution in [1.29, 1.82) is 0 Å². The highest BCUT2D eigenvalue weighted by Gasteiger charge is 2.40. The minimum absolute atomic E-state index is 0.00297. The number of carboxylic acid groups (broad SMARTS) is 1. The maximum Gasteiger partial charge on any atom is 0.327 e. The van der Waals surface area contributed by atoms with Crippen LogP contribution in [0.15, 0.2) is 36.4 Å². The average molecular weight is 436 g/mol. The molecule has 0 aromatic heterocycles. The van der Waals surface area contributed by atoms with Gasteiger partial charge in [0.1, 0.15) is 11.8 Å². The predicted molar refractivity (Wildman–Crippen MR) is 111 cm³/mol. The Bertz CT molecular complexity index is 978. The van der Waals surface area contributed by atoms with E-state index in [9.17, 15) is 19.5 Å². The highest BCUT2D eigenvalue weighted by atomic mass is 35.5. The van der Waals surface area contributed by atoms with Crippen LogP contribution in [0.5, 0.6) is 0 Å². The number of carbonyl (C=O) groups is 3. The Morgan fingerprint density at radius 3 is 2.45 bits per heavy atom. The zero-order chi connectivity index (χ0) is 21.3. The average Bonchev–Trinajstić information content (AvgIpc) is 2.63. The number of nitrogens with zero attached hydrogens (tertiary/aromatic N) is 1. The van der Waals surface area contributed by atoms with E-state index in [-0.39, 0.29) is 29.6 Å². The van der Waals surface area contributed by atoms with Crippen molar-refractivity contribution in [3.8, 4) is 0 Å². The smallest absolute Gasteiger partial charge is 0.327 e. The number of Topliss-reactive ketones (excluding diaryl/α,β-unsaturated/α-hetero) is 1. The third-order valence-corrected chi connectivity index (χ3v) is 5.35. The minimum Gasteiger partial charge on any atom is -0.480 e. The molecule has 0 aliphatic carbocycles. The number of carboxylic acids is 1. The Labute approximate surface area is 177 Å². The van der Waals surface area contributed by atoms with Crippen LogP contribution in [0.4, 0.5) is 11.4 Å². The fourth-order valence-electron chi connectivity index (χ4n) is 3.50. The number of halogens is 2. The fraction of sp³-hybridized carbons (Fsp3) is 0.250. The van der Waals surface area contributed by atoms with Gasteiger partial charge in [0.25, 0.3) is 0 Å². The van der Waals surface area contributed by atoms with Crippen LogP contribution in [0.25, 0.3) is 0 Å². The van der Waals surface area contributed by atoms with Crippen molar-refractivity contribution in [3.05, 3.63) is 57.6 Å². The van der Waals surface area contributed by atoms with Gasteiger partial charge in [-0.25, -0.2) is 10.6 Å². The lowest BCUT2D eigenvalue weighted by Crippen LogP contribution is -2.51. The highest BCUT2D eigenvalue weighted by molar-refractivity contribution is 6.36. The van der Waals surface area contributed by atoms with Crippen LogP contribution in [0.3, 0.4) is 0 Å². The number of aliphatic carboxylic acids is 1. The van der Waals surface area contributed by atoms with E-state index in [1.54, 1.807) is 24.3 Å². The molecule has 4 N–H and O–H groups in total. The quantitative estimate of drug-likeness (QED) is 0.620. The molecule has 0 spiro atoms. The molecule has 0 saturated heterocycles. The molecule has 1 amide bonds. The summed E-state index contributed by atoms with van der Waals surface area (Å²) in [4.78, 5) is 35.9. The molecule has 0 saturated carbocycles. The van der Waals surface area contributed by atoms with Crippen LogP contribution in [0, 0.1) is 0 Å². The molecule has 2 aromatic carbocycles. The van der Waals surface area contributed by atoms with E-state index in [0.717, 1.165) is 10.6 Å². The van der Waals surface area contributed by atoms with Gasteiger partial charge in [-0.05, 0) is 36.2 Å². The summed E-state index contributed by atoms with van der Waals surface area (Å²) < 4.78 is 0. The van der Waals surface area contributed by atoms with Gasteiger partial charge in [0.2, 0.25) is 5.91 Å². The van der Waals surface area contributed by atoms with Gasteiger partial charge >= 0.3 is 5.97 Å². The summed E-state index contributed by atoms with van der Waals surface area (Å²) in [6, 6.07) is 8.83. The molecule has 1 aliphatic heterocycles. The van der Waals surface area contributed by atoms with Crippen LogP contribution in [-0.2, 0) is 20.8 Å². The van der Waals surface area contributed by atoms with Gasteiger partial charge in [-0.1, -0.05) is 35.3 Å². The molecule has 29 heavy (non-hydrogen) atoms. The van der Waals surface area contributed by atoms with Gasteiger partial charge < -0.3 is 10.4 Å². The monoisotopic (exact) mass is 435 g/mol. The van der Waals surface area contributed by atoms with Gasteiger partial charge in [0.15, 0.2) is 0 Å². The number of hydrogen-bond donors (Lipinski definition) is 3. The molecule has 2 aromatic rings. The van der Waals surface area contributed by atoms with E-state index < -0.39 is 17.9 Å². The van der Waals surface area contributed by atoms with E-state index in [0.29, 0.717) is 22.0 Å². The third-order valence-electron chi connectivity index (χ3n) is 4.82. The SMILES string of the molecule is CC(=O)Nc1ccc(CC(=O)[C@@H]2C[C@@H](C(=O)O)N(N)c3cc(Cl)cc(Cl)c32)cc1. The first-order valence-electron chi connectivity index (χ1n) is 8.82. The molecule has 0 unspecified atom stereocenters. The zero-order valence-electron chi connectivity index (χ0n) is 15.5. The largest absolute Gasteiger partial charge is 0.480 e. The van der Waals surface area contributed by atoms with Crippen molar-refractivity contribution < 1.29 is 19.5 Å². The summed E-state index contributed by atoms with van der Waals surface area (Å²) in [5.74, 6) is 3.76. The summed E-state index contributed by atoms with van der Waals surface area (Å²) >= 11 is 12.4.